The lowest BCUT2D eigenvalue weighted by Gasteiger charge is -2.20. The smallest absolute Gasteiger partial charge is 0.346 e. The van der Waals surface area contributed by atoms with Crippen LogP contribution in [0, 0.1) is 11.6 Å². The Bertz CT molecular complexity index is 2510. The van der Waals surface area contributed by atoms with E-state index in [0.717, 1.165) is 12.1 Å². The number of hydrogen-bond acceptors (Lipinski definition) is 10. The predicted octanol–water partition coefficient (Wildman–Crippen LogP) is 11.0. The van der Waals surface area contributed by atoms with Gasteiger partial charge in [-0.3, -0.25) is 9.59 Å². The number of unbranched alkanes of at least 4 members (excludes halogenated alkanes) is 1. The Morgan fingerprint density at radius 3 is 1.31 bits per heavy atom. The molecule has 0 saturated heterocycles. The summed E-state index contributed by atoms with van der Waals surface area (Å²) in [6.45, 7) is 10.2. The van der Waals surface area contributed by atoms with Gasteiger partial charge in [0, 0.05) is 34.3 Å². The van der Waals surface area contributed by atoms with Gasteiger partial charge >= 0.3 is 11.9 Å². The quantitative estimate of drug-likeness (QED) is 0.0918. The molecular formula is C44H38Cl2F2O10. The van der Waals surface area contributed by atoms with Crippen LogP contribution in [0.4, 0.5) is 8.78 Å². The molecule has 302 valence electrons. The van der Waals surface area contributed by atoms with Crippen LogP contribution in [0.1, 0.15) is 75.1 Å². The normalized spacial score (nSPS) is 11.8. The fraction of sp³-hybridized carbons (Fsp3) is 0.273. The monoisotopic (exact) mass is 834 g/mol. The van der Waals surface area contributed by atoms with Crippen molar-refractivity contribution in [3.8, 4) is 34.1 Å². The highest BCUT2D eigenvalue weighted by atomic mass is 35.5. The molecule has 0 saturated carbocycles. The van der Waals surface area contributed by atoms with Crippen LogP contribution in [0.5, 0.6) is 11.5 Å². The van der Waals surface area contributed by atoms with Crippen LogP contribution < -0.4 is 20.3 Å². The maximum atomic E-state index is 15.6. The summed E-state index contributed by atoms with van der Waals surface area (Å²) in [6.07, 6.45) is 0.939. The van der Waals surface area contributed by atoms with Crippen LogP contribution >= 0.6 is 23.2 Å². The molecule has 0 radical (unpaired) electrons. The summed E-state index contributed by atoms with van der Waals surface area (Å²) in [6, 6.07) is 16.4. The van der Waals surface area contributed by atoms with Crippen molar-refractivity contribution in [2.24, 2.45) is 0 Å². The molecule has 6 aromatic rings. The lowest BCUT2D eigenvalue weighted by Crippen LogP contribution is -2.28. The van der Waals surface area contributed by atoms with Crippen molar-refractivity contribution in [2.75, 3.05) is 13.2 Å². The Kier molecular flexibility index (Phi) is 12.0. The first kappa shape index (κ1) is 41.9. The van der Waals surface area contributed by atoms with Crippen molar-refractivity contribution in [3.63, 3.8) is 0 Å². The summed E-state index contributed by atoms with van der Waals surface area (Å²) in [7, 11) is 0. The Balaban J connectivity index is 1.12. The summed E-state index contributed by atoms with van der Waals surface area (Å²) >= 11 is 12.2. The van der Waals surface area contributed by atoms with Crippen LogP contribution in [-0.4, -0.2) is 36.4 Å². The zero-order valence-corrected chi connectivity index (χ0v) is 33.9. The van der Waals surface area contributed by atoms with Crippen molar-refractivity contribution in [1.82, 2.24) is 0 Å². The van der Waals surface area contributed by atoms with E-state index in [1.165, 1.54) is 60.7 Å². The van der Waals surface area contributed by atoms with Crippen LogP contribution in [0.2, 0.25) is 10.0 Å². The minimum absolute atomic E-state index is 0.0665. The van der Waals surface area contributed by atoms with Crippen molar-refractivity contribution in [3.05, 3.63) is 126 Å². The van der Waals surface area contributed by atoms with E-state index in [0.29, 0.717) is 12.8 Å². The molecular weight excluding hydrogens is 797 g/mol. The molecule has 0 aliphatic carbocycles. The zero-order chi connectivity index (χ0) is 42.1. The number of ether oxygens (including phenoxy) is 4. The summed E-state index contributed by atoms with van der Waals surface area (Å²) in [5, 5.41) is 0.718. The second-order valence-electron chi connectivity index (χ2n) is 15.2. The third-order valence-corrected chi connectivity index (χ3v) is 8.83. The maximum absolute atomic E-state index is 15.6. The average molecular weight is 836 g/mol. The molecule has 0 bridgehead atoms. The molecule has 0 aliphatic rings. The molecule has 2 heterocycles. The van der Waals surface area contributed by atoms with E-state index >= 15 is 8.78 Å². The molecule has 0 N–H and O–H groups in total. The van der Waals surface area contributed by atoms with E-state index in [4.69, 9.17) is 51.0 Å². The highest BCUT2D eigenvalue weighted by Gasteiger charge is 2.30. The van der Waals surface area contributed by atoms with Gasteiger partial charge in [-0.25, -0.2) is 18.4 Å². The van der Waals surface area contributed by atoms with Gasteiger partial charge in [-0.1, -0.05) is 23.2 Å². The average Bonchev–Trinajstić information content (AvgIpc) is 3.11. The first-order chi connectivity index (χ1) is 27.3. The van der Waals surface area contributed by atoms with Crippen LogP contribution in [0.25, 0.3) is 44.6 Å². The Hall–Kier alpha value is -5.72. The molecule has 58 heavy (non-hydrogen) atoms. The van der Waals surface area contributed by atoms with Crippen LogP contribution in [0.3, 0.4) is 0 Å². The highest BCUT2D eigenvalue weighted by Crippen LogP contribution is 2.34. The van der Waals surface area contributed by atoms with E-state index < -0.39 is 56.8 Å². The minimum atomic E-state index is -0.968. The predicted molar refractivity (Wildman–Crippen MR) is 216 cm³/mol. The van der Waals surface area contributed by atoms with E-state index in [-0.39, 0.29) is 79.3 Å². The maximum Gasteiger partial charge on any atom is 0.346 e. The molecule has 14 heteroatoms. The molecule has 2 aromatic heterocycles. The number of benzene rings is 4. The number of carbonyl (C=O) groups is 2. The van der Waals surface area contributed by atoms with Gasteiger partial charge in [0.2, 0.25) is 10.9 Å². The van der Waals surface area contributed by atoms with Gasteiger partial charge in [0.05, 0.1) is 35.1 Å². The van der Waals surface area contributed by atoms with Gasteiger partial charge in [-0.15, -0.1) is 0 Å². The Morgan fingerprint density at radius 2 is 0.966 bits per heavy atom. The SMILES string of the molecule is CC(C)(C)OC(=O)c1c(-c2ccc(OCCCCOc3ccc(-c4oc5cc(Cl)ccc5c(=O)c4C(=O)OC(C)(C)C)c(F)c3)cc2F)oc2cc(Cl)ccc2c1=O. The van der Waals surface area contributed by atoms with Gasteiger partial charge in [0.15, 0.2) is 22.6 Å². The number of hydrogen-bond donors (Lipinski definition) is 0. The zero-order valence-electron chi connectivity index (χ0n) is 32.4. The molecule has 0 fully saturated rings. The molecule has 10 nitrogen and oxygen atoms in total. The molecule has 0 amide bonds. The fourth-order valence-corrected chi connectivity index (χ4v) is 6.19. The lowest BCUT2D eigenvalue weighted by atomic mass is 10.0. The van der Waals surface area contributed by atoms with Crippen LogP contribution in [0.15, 0.2) is 91.2 Å². The van der Waals surface area contributed by atoms with E-state index in [9.17, 15) is 19.2 Å². The first-order valence-corrected chi connectivity index (χ1v) is 18.9. The lowest BCUT2D eigenvalue weighted by molar-refractivity contribution is 0.00546. The molecule has 0 unspecified atom stereocenters. The highest BCUT2D eigenvalue weighted by molar-refractivity contribution is 6.31. The summed E-state index contributed by atoms with van der Waals surface area (Å²) in [5.41, 5.74) is -4.37. The first-order valence-electron chi connectivity index (χ1n) is 18.1. The van der Waals surface area contributed by atoms with E-state index in [1.54, 1.807) is 41.5 Å². The van der Waals surface area contributed by atoms with Crippen molar-refractivity contribution >= 4 is 57.1 Å². The van der Waals surface area contributed by atoms with Crippen LogP contribution in [-0.2, 0) is 9.47 Å². The summed E-state index contributed by atoms with van der Waals surface area (Å²) in [5.74, 6) is -3.83. The van der Waals surface area contributed by atoms with Gasteiger partial charge in [-0.2, -0.15) is 0 Å². The van der Waals surface area contributed by atoms with E-state index in [2.05, 4.69) is 0 Å². The number of halogens is 4. The largest absolute Gasteiger partial charge is 0.493 e. The number of fused-ring (bicyclic) bond motifs is 2. The third-order valence-electron chi connectivity index (χ3n) is 8.36. The fourth-order valence-electron chi connectivity index (χ4n) is 5.87. The summed E-state index contributed by atoms with van der Waals surface area (Å²) < 4.78 is 65.5. The van der Waals surface area contributed by atoms with Gasteiger partial charge in [-0.05, 0) is 103 Å². The molecule has 0 atom stereocenters. The molecule has 6 rings (SSSR count). The summed E-state index contributed by atoms with van der Waals surface area (Å²) in [4.78, 5) is 53.3. The van der Waals surface area contributed by atoms with Crippen molar-refractivity contribution in [1.29, 1.82) is 0 Å². The van der Waals surface area contributed by atoms with Crippen molar-refractivity contribution in [2.45, 2.75) is 65.6 Å². The van der Waals surface area contributed by atoms with Gasteiger partial charge < -0.3 is 27.8 Å². The molecule has 0 aliphatic heterocycles. The van der Waals surface area contributed by atoms with Gasteiger partial charge in [0.25, 0.3) is 0 Å². The second kappa shape index (κ2) is 16.6. The van der Waals surface area contributed by atoms with Gasteiger partial charge in [0.1, 0.15) is 45.5 Å². The standard InChI is InChI=1S/C44H38Cl2F2O10/c1-43(2,3)57-41(51)35-37(49)29-13-9-23(45)19-33(29)55-39(35)27-15-11-25(21-31(27)47)53-17-7-8-18-54-26-12-16-28(32(48)22-26)40-36(42(52)58-44(4,5)6)38(50)30-14-10-24(46)20-34(30)56-40/h9-16,19-22H,7-8,17-18H2,1-6H3. The molecule has 0 spiro atoms. The number of carbonyl (C=O) groups excluding carboxylic acids is 2. The topological polar surface area (TPSA) is 131 Å². The van der Waals surface area contributed by atoms with E-state index in [1.807, 2.05) is 0 Å². The number of rotatable bonds is 11. The second-order valence-corrected chi connectivity index (χ2v) is 16.1. The Labute approximate surface area is 341 Å². The Morgan fingerprint density at radius 1 is 0.586 bits per heavy atom. The minimum Gasteiger partial charge on any atom is -0.493 e. The molecule has 4 aromatic carbocycles. The van der Waals surface area contributed by atoms with Crippen molar-refractivity contribution < 1.29 is 46.2 Å². The number of esters is 2. The third kappa shape index (κ3) is 9.52.